The molecule has 1 aromatic carbocycles. The lowest BCUT2D eigenvalue weighted by molar-refractivity contribution is -0.140. The first kappa shape index (κ1) is 22.5. The maximum absolute atomic E-state index is 13.0. The van der Waals surface area contributed by atoms with Crippen LogP contribution >= 0.6 is 0 Å². The molecule has 0 radical (unpaired) electrons. The number of carbonyl (C=O) groups excluding carboxylic acids is 2. The van der Waals surface area contributed by atoms with E-state index in [2.05, 4.69) is 4.98 Å². The summed E-state index contributed by atoms with van der Waals surface area (Å²) in [4.78, 5) is 33.4. The van der Waals surface area contributed by atoms with Crippen LogP contribution in [0.2, 0.25) is 0 Å². The number of ether oxygens (including phenoxy) is 1. The smallest absolute Gasteiger partial charge is 0.295 e. The van der Waals surface area contributed by atoms with Gasteiger partial charge in [0.25, 0.3) is 11.7 Å². The summed E-state index contributed by atoms with van der Waals surface area (Å²) in [7, 11) is 3.80. The third kappa shape index (κ3) is 5.11. The van der Waals surface area contributed by atoms with Crippen molar-refractivity contribution in [1.82, 2.24) is 14.8 Å². The Morgan fingerprint density at radius 1 is 1.23 bits per heavy atom. The lowest BCUT2D eigenvalue weighted by atomic mass is 9.96. The van der Waals surface area contributed by atoms with E-state index in [0.29, 0.717) is 42.5 Å². The van der Waals surface area contributed by atoms with Gasteiger partial charge in [0.15, 0.2) is 0 Å². The van der Waals surface area contributed by atoms with Gasteiger partial charge in [-0.3, -0.25) is 14.6 Å². The fourth-order valence-electron chi connectivity index (χ4n) is 3.45. The number of rotatable bonds is 8. The van der Waals surface area contributed by atoms with Crippen LogP contribution in [0.15, 0.2) is 54.4 Å². The highest BCUT2D eigenvalue weighted by Crippen LogP contribution is 2.39. The highest BCUT2D eigenvalue weighted by atomic mass is 16.5. The number of hydrogen-bond donors (Lipinski definition) is 1. The van der Waals surface area contributed by atoms with E-state index in [-0.39, 0.29) is 11.3 Å². The van der Waals surface area contributed by atoms with E-state index in [0.717, 1.165) is 0 Å². The van der Waals surface area contributed by atoms with Gasteiger partial charge in [-0.1, -0.05) is 32.0 Å². The molecule has 2 heterocycles. The van der Waals surface area contributed by atoms with Gasteiger partial charge in [0.05, 0.1) is 18.2 Å². The number of Topliss-reactive ketones (excluding diaryl/α,β-unsaturated/α-hetero) is 1. The summed E-state index contributed by atoms with van der Waals surface area (Å²) in [6, 6.07) is 9.80. The monoisotopic (exact) mass is 423 g/mol. The van der Waals surface area contributed by atoms with Crippen molar-refractivity contribution in [2.24, 2.45) is 5.92 Å². The minimum atomic E-state index is -0.700. The largest absolute Gasteiger partial charge is 0.507 e. The number of hydrogen-bond acceptors (Lipinski definition) is 6. The quantitative estimate of drug-likeness (QED) is 0.399. The van der Waals surface area contributed by atoms with Gasteiger partial charge < -0.3 is 19.6 Å². The first-order chi connectivity index (χ1) is 14.8. The van der Waals surface area contributed by atoms with Crippen LogP contribution < -0.4 is 4.74 Å². The molecule has 1 saturated heterocycles. The van der Waals surface area contributed by atoms with Crippen LogP contribution in [-0.2, 0) is 9.59 Å². The Morgan fingerprint density at radius 2 is 2.00 bits per heavy atom. The Balaban J connectivity index is 2.05. The predicted octanol–water partition coefficient (Wildman–Crippen LogP) is 3.10. The Bertz CT molecular complexity index is 970. The lowest BCUT2D eigenvalue weighted by Gasteiger charge is -2.26. The van der Waals surface area contributed by atoms with Gasteiger partial charge in [0, 0.05) is 31.0 Å². The fourth-order valence-corrected chi connectivity index (χ4v) is 3.45. The van der Waals surface area contributed by atoms with E-state index in [1.54, 1.807) is 42.7 Å². The number of ketones is 1. The number of carbonyl (C=O) groups is 2. The molecule has 1 aliphatic heterocycles. The van der Waals surface area contributed by atoms with Crippen molar-refractivity contribution >= 4 is 17.4 Å². The molecule has 0 bridgehead atoms. The second kappa shape index (κ2) is 9.75. The van der Waals surface area contributed by atoms with Crippen molar-refractivity contribution in [2.75, 3.05) is 33.8 Å². The van der Waals surface area contributed by atoms with Crippen molar-refractivity contribution in [1.29, 1.82) is 0 Å². The number of amides is 1. The third-order valence-corrected chi connectivity index (χ3v) is 5.02. The fraction of sp³-hybridized carbons (Fsp3) is 0.375. The SMILES string of the molecule is CC(C)COc1cccc(/C(O)=C2/C(=O)C(=O)N(CCN(C)C)C2c2cccnc2)c1. The first-order valence-electron chi connectivity index (χ1n) is 10.4. The molecule has 1 fully saturated rings. The van der Waals surface area contributed by atoms with Gasteiger partial charge in [-0.05, 0) is 43.8 Å². The molecule has 164 valence electrons. The Hall–Kier alpha value is -3.19. The average Bonchev–Trinajstić information content (AvgIpc) is 3.01. The first-order valence-corrected chi connectivity index (χ1v) is 10.4. The summed E-state index contributed by atoms with van der Waals surface area (Å²) in [6.45, 7) is 5.57. The highest BCUT2D eigenvalue weighted by molar-refractivity contribution is 6.46. The highest BCUT2D eigenvalue weighted by Gasteiger charge is 2.46. The molecule has 2 aromatic rings. The maximum Gasteiger partial charge on any atom is 0.295 e. The normalized spacial score (nSPS) is 18.3. The van der Waals surface area contributed by atoms with Crippen LogP contribution in [0.1, 0.15) is 31.0 Å². The van der Waals surface area contributed by atoms with E-state index in [4.69, 9.17) is 4.74 Å². The molecule has 1 N–H and O–H groups in total. The molecule has 7 nitrogen and oxygen atoms in total. The summed E-state index contributed by atoms with van der Waals surface area (Å²) in [5.41, 5.74) is 1.17. The molecule has 1 atom stereocenters. The van der Waals surface area contributed by atoms with E-state index in [1.165, 1.54) is 4.90 Å². The third-order valence-electron chi connectivity index (χ3n) is 5.02. The summed E-state index contributed by atoms with van der Waals surface area (Å²) in [6.07, 6.45) is 3.25. The average molecular weight is 424 g/mol. The predicted molar refractivity (Wildman–Crippen MR) is 119 cm³/mol. The van der Waals surface area contributed by atoms with Gasteiger partial charge in [0.2, 0.25) is 0 Å². The van der Waals surface area contributed by atoms with E-state index < -0.39 is 17.7 Å². The minimum absolute atomic E-state index is 0.0674. The Morgan fingerprint density at radius 3 is 2.65 bits per heavy atom. The molecule has 0 saturated carbocycles. The van der Waals surface area contributed by atoms with Gasteiger partial charge >= 0.3 is 0 Å². The van der Waals surface area contributed by atoms with Crippen LogP contribution in [-0.4, -0.2) is 65.4 Å². The number of benzene rings is 1. The van der Waals surface area contributed by atoms with Crippen molar-refractivity contribution in [2.45, 2.75) is 19.9 Å². The zero-order valence-corrected chi connectivity index (χ0v) is 18.4. The number of nitrogens with zero attached hydrogens (tertiary/aromatic N) is 3. The van der Waals surface area contributed by atoms with Crippen LogP contribution in [0, 0.1) is 5.92 Å². The Kier molecular flexibility index (Phi) is 7.07. The molecule has 1 aromatic heterocycles. The molecule has 31 heavy (non-hydrogen) atoms. The van der Waals surface area contributed by atoms with E-state index in [1.807, 2.05) is 38.9 Å². The van der Waals surface area contributed by atoms with Crippen LogP contribution in [0.25, 0.3) is 5.76 Å². The van der Waals surface area contributed by atoms with Crippen LogP contribution in [0.5, 0.6) is 5.75 Å². The summed E-state index contributed by atoms with van der Waals surface area (Å²) in [5, 5.41) is 11.1. The molecule has 3 rings (SSSR count). The van der Waals surface area contributed by atoms with Gasteiger partial charge in [-0.25, -0.2) is 0 Å². The molecule has 0 aliphatic carbocycles. The molecule has 1 aliphatic rings. The number of aliphatic hydroxyl groups is 1. The summed E-state index contributed by atoms with van der Waals surface area (Å²) < 4.78 is 5.75. The Labute approximate surface area is 183 Å². The standard InChI is InChI=1S/C24H29N3O4/c1-16(2)15-31-19-9-5-7-17(13-19)22(28)20-21(18-8-6-10-25-14-18)27(12-11-26(3)4)24(30)23(20)29/h5-10,13-14,16,21,28H,11-12,15H2,1-4H3/b22-20-. The lowest BCUT2D eigenvalue weighted by Crippen LogP contribution is -2.35. The number of pyridine rings is 1. The van der Waals surface area contributed by atoms with E-state index >= 15 is 0 Å². The van der Waals surface area contributed by atoms with Gasteiger partial charge in [-0.2, -0.15) is 0 Å². The maximum atomic E-state index is 13.0. The van der Waals surface area contributed by atoms with Crippen LogP contribution in [0.3, 0.4) is 0 Å². The topological polar surface area (TPSA) is 83.0 Å². The van der Waals surface area contributed by atoms with Crippen molar-refractivity contribution in [3.8, 4) is 5.75 Å². The molecule has 1 unspecified atom stereocenters. The van der Waals surface area contributed by atoms with Gasteiger partial charge in [0.1, 0.15) is 11.5 Å². The number of likely N-dealkylation sites (N-methyl/N-ethyl adjacent to an activating group) is 1. The molecular formula is C24H29N3O4. The molecule has 7 heteroatoms. The minimum Gasteiger partial charge on any atom is -0.507 e. The number of likely N-dealkylation sites (tertiary alicyclic amines) is 1. The zero-order chi connectivity index (χ0) is 22.5. The molecular weight excluding hydrogens is 394 g/mol. The van der Waals surface area contributed by atoms with Crippen LogP contribution in [0.4, 0.5) is 0 Å². The summed E-state index contributed by atoms with van der Waals surface area (Å²) >= 11 is 0. The van der Waals surface area contributed by atoms with Gasteiger partial charge in [-0.15, -0.1) is 0 Å². The second-order valence-corrected chi connectivity index (χ2v) is 8.31. The van der Waals surface area contributed by atoms with Crippen molar-refractivity contribution < 1.29 is 19.4 Å². The van der Waals surface area contributed by atoms with Crippen molar-refractivity contribution in [3.63, 3.8) is 0 Å². The van der Waals surface area contributed by atoms with E-state index in [9.17, 15) is 14.7 Å². The molecule has 0 spiro atoms. The zero-order valence-electron chi connectivity index (χ0n) is 18.4. The number of aliphatic hydroxyl groups excluding tert-OH is 1. The second-order valence-electron chi connectivity index (χ2n) is 8.31. The molecule has 1 amide bonds. The van der Waals surface area contributed by atoms with Crippen molar-refractivity contribution in [3.05, 3.63) is 65.5 Å². The number of aromatic nitrogens is 1. The summed E-state index contributed by atoms with van der Waals surface area (Å²) in [5.74, 6) is -0.583.